The molecular formula is C32H26F2N4O6S. The van der Waals surface area contributed by atoms with E-state index in [0.717, 1.165) is 19.1 Å². The van der Waals surface area contributed by atoms with Crippen molar-refractivity contribution in [2.24, 2.45) is 7.05 Å². The molecule has 5 aromatic rings. The quantitative estimate of drug-likeness (QED) is 0.232. The van der Waals surface area contributed by atoms with Gasteiger partial charge in [-0.25, -0.2) is 13.4 Å². The van der Waals surface area contributed by atoms with Crippen molar-refractivity contribution in [1.29, 1.82) is 0 Å². The molecule has 3 aromatic carbocycles. The number of oxazole rings is 1. The van der Waals surface area contributed by atoms with Crippen molar-refractivity contribution in [1.82, 2.24) is 20.1 Å². The Balaban J connectivity index is 1.40. The number of alkyl halides is 2. The molecule has 1 saturated carbocycles. The predicted octanol–water partition coefficient (Wildman–Crippen LogP) is 6.00. The van der Waals surface area contributed by atoms with Crippen LogP contribution in [-0.4, -0.2) is 47.7 Å². The maximum absolute atomic E-state index is 13.8. The lowest BCUT2D eigenvalue weighted by atomic mass is 9.94. The number of nitrogens with zero attached hydrogens (tertiary/aromatic N) is 3. The number of halogens is 2. The van der Waals surface area contributed by atoms with E-state index >= 15 is 0 Å². The molecule has 45 heavy (non-hydrogen) atoms. The molecule has 1 fully saturated rings. The topological polar surface area (TPSA) is 126 Å². The standard InChI is InChI=1S/C32H26F2N4O6S/c1-17-35-29(20-8-12-27-28(15-20)44-32(33,34)43-27)30(42-17)24-14-19(18-5-4-6-22(13-18)45(3,40)41)7-11-23(24)26-16-25(37-38(26)2)31(39)36-21-9-10-21/h4-8,11-16,21H,9-10H2,1-3H3,(H,36,39). The molecule has 7 rings (SSSR count). The van der Waals surface area contributed by atoms with Gasteiger partial charge in [-0.05, 0) is 66.4 Å². The Hall–Kier alpha value is -5.04. The minimum atomic E-state index is -3.78. The van der Waals surface area contributed by atoms with Crippen LogP contribution in [0.25, 0.3) is 45.0 Å². The molecule has 0 atom stereocenters. The molecule has 1 aliphatic heterocycles. The summed E-state index contributed by atoms with van der Waals surface area (Å²) in [6.07, 6.45) is -0.773. The summed E-state index contributed by atoms with van der Waals surface area (Å²) in [5.74, 6) is 0.107. The number of carbonyl (C=O) groups excluding carboxylic acids is 1. The van der Waals surface area contributed by atoms with E-state index in [1.807, 2.05) is 18.2 Å². The van der Waals surface area contributed by atoms with Gasteiger partial charge in [0.05, 0.1) is 10.6 Å². The highest BCUT2D eigenvalue weighted by Crippen LogP contribution is 2.46. The number of amides is 1. The SMILES string of the molecule is Cc1nc(-c2ccc3c(c2)OC(F)(F)O3)c(-c2cc(-c3cccc(S(C)(=O)=O)c3)ccc2-c2cc(C(=O)NC3CC3)nn2C)o1. The number of carbonyl (C=O) groups is 1. The monoisotopic (exact) mass is 632 g/mol. The van der Waals surface area contributed by atoms with Gasteiger partial charge < -0.3 is 19.2 Å². The van der Waals surface area contributed by atoms with Gasteiger partial charge in [0.25, 0.3) is 5.91 Å². The second-order valence-electron chi connectivity index (χ2n) is 11.1. The van der Waals surface area contributed by atoms with Crippen LogP contribution in [0.1, 0.15) is 29.2 Å². The van der Waals surface area contributed by atoms with Crippen LogP contribution in [0.4, 0.5) is 8.78 Å². The first-order valence-corrected chi connectivity index (χ1v) is 15.9. The number of ether oxygens (including phenoxy) is 2. The molecule has 1 N–H and O–H groups in total. The number of rotatable bonds is 7. The first-order valence-electron chi connectivity index (χ1n) is 14.0. The molecule has 0 radical (unpaired) electrons. The van der Waals surface area contributed by atoms with E-state index in [4.69, 9.17) is 4.42 Å². The normalized spacial score (nSPS) is 15.3. The van der Waals surface area contributed by atoms with E-state index in [1.165, 1.54) is 18.2 Å². The molecule has 10 nitrogen and oxygen atoms in total. The van der Waals surface area contributed by atoms with Crippen LogP contribution in [0, 0.1) is 6.92 Å². The summed E-state index contributed by atoms with van der Waals surface area (Å²) >= 11 is 0. The van der Waals surface area contributed by atoms with Gasteiger partial charge in [-0.15, -0.1) is 8.78 Å². The van der Waals surface area contributed by atoms with Crippen LogP contribution in [0.3, 0.4) is 0 Å². The minimum Gasteiger partial charge on any atom is -0.440 e. The van der Waals surface area contributed by atoms with Crippen LogP contribution < -0.4 is 14.8 Å². The summed E-state index contributed by atoms with van der Waals surface area (Å²) in [6.45, 7) is 1.66. The van der Waals surface area contributed by atoms with Crippen molar-refractivity contribution >= 4 is 15.7 Å². The Bertz CT molecular complexity index is 2120. The lowest BCUT2D eigenvalue weighted by Gasteiger charge is -2.13. The fourth-order valence-electron chi connectivity index (χ4n) is 5.26. The highest BCUT2D eigenvalue weighted by Gasteiger charge is 2.43. The van der Waals surface area contributed by atoms with Crippen molar-refractivity contribution in [3.63, 3.8) is 0 Å². The summed E-state index contributed by atoms with van der Waals surface area (Å²) in [7, 11) is -1.75. The van der Waals surface area contributed by atoms with Crippen molar-refractivity contribution in [3.8, 4) is 56.5 Å². The number of nitrogens with one attached hydrogen (secondary N) is 1. The van der Waals surface area contributed by atoms with Gasteiger partial charge >= 0.3 is 6.29 Å². The molecule has 2 aromatic heterocycles. The molecule has 1 amide bonds. The Morgan fingerprint density at radius 2 is 1.69 bits per heavy atom. The first kappa shape index (κ1) is 28.7. The Kier molecular flexibility index (Phi) is 6.55. The highest BCUT2D eigenvalue weighted by atomic mass is 32.2. The number of sulfone groups is 1. The lowest BCUT2D eigenvalue weighted by Crippen LogP contribution is -2.25. The zero-order chi connectivity index (χ0) is 31.7. The average molecular weight is 633 g/mol. The maximum atomic E-state index is 13.8. The van der Waals surface area contributed by atoms with E-state index in [-0.39, 0.29) is 34.0 Å². The largest absolute Gasteiger partial charge is 0.586 e. The molecule has 0 bridgehead atoms. The van der Waals surface area contributed by atoms with E-state index in [9.17, 15) is 22.0 Å². The summed E-state index contributed by atoms with van der Waals surface area (Å²) in [6, 6.07) is 18.3. The van der Waals surface area contributed by atoms with Crippen LogP contribution in [-0.2, 0) is 16.9 Å². The highest BCUT2D eigenvalue weighted by molar-refractivity contribution is 7.90. The van der Waals surface area contributed by atoms with Crippen LogP contribution in [0.15, 0.2) is 76.0 Å². The fraction of sp³-hybridized carbons (Fsp3) is 0.219. The van der Waals surface area contributed by atoms with Crippen LogP contribution >= 0.6 is 0 Å². The van der Waals surface area contributed by atoms with Gasteiger partial charge in [-0.1, -0.05) is 24.3 Å². The molecule has 13 heteroatoms. The number of hydrogen-bond acceptors (Lipinski definition) is 8. The second kappa shape index (κ2) is 10.3. The first-order chi connectivity index (χ1) is 21.3. The molecule has 0 saturated heterocycles. The third-order valence-electron chi connectivity index (χ3n) is 7.57. The molecular weight excluding hydrogens is 606 g/mol. The summed E-state index contributed by atoms with van der Waals surface area (Å²) in [5, 5.41) is 7.40. The third-order valence-corrected chi connectivity index (χ3v) is 8.68. The molecule has 0 spiro atoms. The van der Waals surface area contributed by atoms with E-state index in [1.54, 1.807) is 49.0 Å². The lowest BCUT2D eigenvalue weighted by molar-refractivity contribution is -0.286. The maximum Gasteiger partial charge on any atom is 0.586 e. The van der Waals surface area contributed by atoms with Gasteiger partial charge in [-0.3, -0.25) is 9.48 Å². The van der Waals surface area contributed by atoms with Gasteiger partial charge in [-0.2, -0.15) is 5.10 Å². The van der Waals surface area contributed by atoms with Crippen LogP contribution in [0.2, 0.25) is 0 Å². The van der Waals surface area contributed by atoms with Gasteiger partial charge in [0.1, 0.15) is 5.69 Å². The van der Waals surface area contributed by atoms with Crippen molar-refractivity contribution in [2.75, 3.05) is 6.26 Å². The zero-order valence-electron chi connectivity index (χ0n) is 24.3. The molecule has 0 unspecified atom stereocenters. The van der Waals surface area contributed by atoms with Crippen molar-refractivity contribution in [2.45, 2.75) is 37.0 Å². The zero-order valence-corrected chi connectivity index (χ0v) is 25.1. The summed E-state index contributed by atoms with van der Waals surface area (Å²) in [4.78, 5) is 17.6. The number of aryl methyl sites for hydroxylation is 2. The van der Waals surface area contributed by atoms with Crippen molar-refractivity contribution in [3.05, 3.63) is 78.3 Å². The van der Waals surface area contributed by atoms with Crippen LogP contribution in [0.5, 0.6) is 11.5 Å². The predicted molar refractivity (Wildman–Crippen MR) is 160 cm³/mol. The number of benzene rings is 3. The fourth-order valence-corrected chi connectivity index (χ4v) is 5.93. The van der Waals surface area contributed by atoms with Gasteiger partial charge in [0, 0.05) is 43.0 Å². The Morgan fingerprint density at radius 1 is 0.956 bits per heavy atom. The smallest absolute Gasteiger partial charge is 0.440 e. The number of fused-ring (bicyclic) bond motifs is 1. The molecule has 1 aliphatic carbocycles. The molecule has 3 heterocycles. The second-order valence-corrected chi connectivity index (χ2v) is 13.1. The molecule has 230 valence electrons. The van der Waals surface area contributed by atoms with E-state index in [0.29, 0.717) is 50.9 Å². The van der Waals surface area contributed by atoms with Gasteiger partial charge in [0.15, 0.2) is 38.7 Å². The number of aromatic nitrogens is 3. The van der Waals surface area contributed by atoms with Gasteiger partial charge in [0.2, 0.25) is 0 Å². The minimum absolute atomic E-state index is 0.106. The van der Waals surface area contributed by atoms with Crippen molar-refractivity contribution < 1.29 is 35.9 Å². The van der Waals surface area contributed by atoms with E-state index < -0.39 is 16.1 Å². The summed E-state index contributed by atoms with van der Waals surface area (Å²) in [5.41, 5.74) is 4.16. The Labute approximate surface area is 256 Å². The van der Waals surface area contributed by atoms with E-state index in [2.05, 4.69) is 24.9 Å². The average Bonchev–Trinajstić information content (AvgIpc) is 3.44. The number of hydrogen-bond donors (Lipinski definition) is 1. The Morgan fingerprint density at radius 3 is 2.44 bits per heavy atom. The summed E-state index contributed by atoms with van der Waals surface area (Å²) < 4.78 is 69.2. The molecule has 2 aliphatic rings. The third kappa shape index (κ3) is 5.55.